The van der Waals surface area contributed by atoms with E-state index in [4.69, 9.17) is 17.3 Å². The first-order valence-corrected chi connectivity index (χ1v) is 3.91. The van der Waals surface area contributed by atoms with Gasteiger partial charge in [0.1, 0.15) is 0 Å². The summed E-state index contributed by atoms with van der Waals surface area (Å²) in [4.78, 5) is 4.00. The third kappa shape index (κ3) is 1.68. The summed E-state index contributed by atoms with van der Waals surface area (Å²) in [6.07, 6.45) is 1.64. The van der Waals surface area contributed by atoms with Crippen LogP contribution in [0, 0.1) is 0 Å². The molecule has 2 N–H and O–H groups in total. The molecule has 1 aromatic rings. The molecule has 0 unspecified atom stereocenters. The SMILES string of the molecule is NCc1cc(Cl)c(Br)cn1. The fraction of sp³-hybridized carbons (Fsp3) is 0.167. The van der Waals surface area contributed by atoms with Crippen LogP contribution in [0.5, 0.6) is 0 Å². The minimum Gasteiger partial charge on any atom is -0.325 e. The Bertz CT molecular complexity index is 239. The number of hydrogen-bond acceptors (Lipinski definition) is 2. The Morgan fingerprint density at radius 3 is 2.90 bits per heavy atom. The van der Waals surface area contributed by atoms with Gasteiger partial charge in [0.2, 0.25) is 0 Å². The van der Waals surface area contributed by atoms with Gasteiger partial charge in [-0.25, -0.2) is 0 Å². The lowest BCUT2D eigenvalue weighted by molar-refractivity contribution is 0.988. The molecule has 0 fully saturated rings. The highest BCUT2D eigenvalue weighted by molar-refractivity contribution is 9.10. The normalized spacial score (nSPS) is 9.90. The Hall–Kier alpha value is -0.120. The molecule has 1 aromatic heterocycles. The van der Waals surface area contributed by atoms with Crippen LogP contribution in [-0.2, 0) is 6.54 Å². The predicted molar refractivity (Wildman–Crippen MR) is 44.8 cm³/mol. The molecule has 0 saturated carbocycles. The van der Waals surface area contributed by atoms with Crippen LogP contribution < -0.4 is 5.73 Å². The number of halogens is 2. The van der Waals surface area contributed by atoms with Crippen molar-refractivity contribution < 1.29 is 0 Å². The second kappa shape index (κ2) is 3.32. The summed E-state index contributed by atoms with van der Waals surface area (Å²) in [6.45, 7) is 0.424. The van der Waals surface area contributed by atoms with Gasteiger partial charge in [-0.2, -0.15) is 0 Å². The van der Waals surface area contributed by atoms with Crippen molar-refractivity contribution in [1.82, 2.24) is 4.98 Å². The maximum Gasteiger partial charge on any atom is 0.0582 e. The maximum atomic E-state index is 5.75. The first-order chi connectivity index (χ1) is 4.74. The molecular formula is C6H6BrClN2. The fourth-order valence-electron chi connectivity index (χ4n) is 0.565. The summed E-state index contributed by atoms with van der Waals surface area (Å²) < 4.78 is 0.798. The molecule has 0 spiro atoms. The van der Waals surface area contributed by atoms with Gasteiger partial charge in [0, 0.05) is 12.7 Å². The van der Waals surface area contributed by atoms with Gasteiger partial charge in [-0.15, -0.1) is 0 Å². The van der Waals surface area contributed by atoms with Crippen molar-refractivity contribution in [3.05, 3.63) is 27.5 Å². The van der Waals surface area contributed by atoms with Crippen LogP contribution in [0.2, 0.25) is 5.02 Å². The number of hydrogen-bond donors (Lipinski definition) is 1. The predicted octanol–water partition coefficient (Wildman–Crippen LogP) is 1.96. The lowest BCUT2D eigenvalue weighted by Gasteiger charge is -1.97. The van der Waals surface area contributed by atoms with Crippen molar-refractivity contribution in [2.75, 3.05) is 0 Å². The zero-order chi connectivity index (χ0) is 7.56. The molecule has 0 aliphatic heterocycles. The minimum absolute atomic E-state index is 0.424. The van der Waals surface area contributed by atoms with Crippen molar-refractivity contribution in [3.63, 3.8) is 0 Å². The standard InChI is InChI=1S/C6H6BrClN2/c7-5-3-10-4(2-9)1-6(5)8/h1,3H,2,9H2. The van der Waals surface area contributed by atoms with E-state index >= 15 is 0 Å². The van der Waals surface area contributed by atoms with Crippen molar-refractivity contribution in [1.29, 1.82) is 0 Å². The van der Waals surface area contributed by atoms with Crippen molar-refractivity contribution in [3.8, 4) is 0 Å². The zero-order valence-corrected chi connectivity index (χ0v) is 7.48. The number of nitrogens with zero attached hydrogens (tertiary/aromatic N) is 1. The molecule has 10 heavy (non-hydrogen) atoms. The highest BCUT2D eigenvalue weighted by Gasteiger charge is 1.97. The van der Waals surface area contributed by atoms with E-state index in [-0.39, 0.29) is 0 Å². The molecule has 0 bridgehead atoms. The Kier molecular flexibility index (Phi) is 2.65. The lowest BCUT2D eigenvalue weighted by Crippen LogP contribution is -1.98. The van der Waals surface area contributed by atoms with E-state index in [1.165, 1.54) is 0 Å². The van der Waals surface area contributed by atoms with E-state index in [2.05, 4.69) is 20.9 Å². The lowest BCUT2D eigenvalue weighted by atomic mass is 10.3. The van der Waals surface area contributed by atoms with Crippen LogP contribution in [0.25, 0.3) is 0 Å². The minimum atomic E-state index is 0.424. The Balaban J connectivity index is 3.04. The number of pyridine rings is 1. The quantitative estimate of drug-likeness (QED) is 0.787. The summed E-state index contributed by atoms with van der Waals surface area (Å²) in [5, 5.41) is 0.649. The summed E-state index contributed by atoms with van der Waals surface area (Å²) >= 11 is 8.97. The van der Waals surface area contributed by atoms with Gasteiger partial charge >= 0.3 is 0 Å². The molecule has 0 amide bonds. The summed E-state index contributed by atoms with van der Waals surface area (Å²) in [6, 6.07) is 1.74. The zero-order valence-electron chi connectivity index (χ0n) is 5.14. The van der Waals surface area contributed by atoms with Crippen LogP contribution in [0.15, 0.2) is 16.7 Å². The van der Waals surface area contributed by atoms with Gasteiger partial charge < -0.3 is 5.73 Å². The Morgan fingerprint density at radius 1 is 1.70 bits per heavy atom. The van der Waals surface area contributed by atoms with Gasteiger partial charge in [0.25, 0.3) is 0 Å². The molecule has 0 aromatic carbocycles. The van der Waals surface area contributed by atoms with Gasteiger partial charge in [0.05, 0.1) is 15.2 Å². The summed E-state index contributed by atoms with van der Waals surface area (Å²) in [5.74, 6) is 0. The molecule has 54 valence electrons. The van der Waals surface area contributed by atoms with Crippen LogP contribution in [0.3, 0.4) is 0 Å². The average molecular weight is 221 g/mol. The van der Waals surface area contributed by atoms with E-state index < -0.39 is 0 Å². The molecule has 0 radical (unpaired) electrons. The van der Waals surface area contributed by atoms with Crippen LogP contribution in [-0.4, -0.2) is 4.98 Å². The molecule has 0 atom stereocenters. The smallest absolute Gasteiger partial charge is 0.0582 e. The van der Waals surface area contributed by atoms with Crippen LogP contribution >= 0.6 is 27.5 Å². The molecule has 1 rings (SSSR count). The number of rotatable bonds is 1. The van der Waals surface area contributed by atoms with Crippen molar-refractivity contribution in [2.45, 2.75) is 6.54 Å². The summed E-state index contributed by atoms with van der Waals surface area (Å²) in [5.41, 5.74) is 6.13. The molecule has 0 saturated heterocycles. The average Bonchev–Trinajstić information content (AvgIpc) is 1.95. The molecule has 1 heterocycles. The van der Waals surface area contributed by atoms with E-state index in [1.54, 1.807) is 12.3 Å². The van der Waals surface area contributed by atoms with Gasteiger partial charge in [-0.3, -0.25) is 4.98 Å². The third-order valence-corrected chi connectivity index (χ3v) is 2.25. The third-order valence-electron chi connectivity index (χ3n) is 1.07. The molecule has 0 aliphatic rings. The Morgan fingerprint density at radius 2 is 2.40 bits per heavy atom. The largest absolute Gasteiger partial charge is 0.325 e. The summed E-state index contributed by atoms with van der Waals surface area (Å²) in [7, 11) is 0. The van der Waals surface area contributed by atoms with Crippen molar-refractivity contribution >= 4 is 27.5 Å². The van der Waals surface area contributed by atoms with E-state index in [9.17, 15) is 0 Å². The first-order valence-electron chi connectivity index (χ1n) is 2.74. The molecule has 4 heteroatoms. The Labute approximate surface area is 72.5 Å². The number of nitrogens with two attached hydrogens (primary N) is 1. The highest BCUT2D eigenvalue weighted by atomic mass is 79.9. The van der Waals surface area contributed by atoms with E-state index in [1.807, 2.05) is 0 Å². The van der Waals surface area contributed by atoms with Gasteiger partial charge in [-0.1, -0.05) is 11.6 Å². The molecule has 2 nitrogen and oxygen atoms in total. The highest BCUT2D eigenvalue weighted by Crippen LogP contribution is 2.20. The van der Waals surface area contributed by atoms with E-state index in [0.29, 0.717) is 11.6 Å². The van der Waals surface area contributed by atoms with Gasteiger partial charge in [0.15, 0.2) is 0 Å². The topological polar surface area (TPSA) is 38.9 Å². The van der Waals surface area contributed by atoms with Crippen molar-refractivity contribution in [2.24, 2.45) is 5.73 Å². The van der Waals surface area contributed by atoms with Crippen LogP contribution in [0.1, 0.15) is 5.69 Å². The second-order valence-corrected chi connectivity index (χ2v) is 3.06. The monoisotopic (exact) mass is 220 g/mol. The fourth-order valence-corrected chi connectivity index (χ4v) is 0.957. The second-order valence-electron chi connectivity index (χ2n) is 1.79. The molecular weight excluding hydrogens is 215 g/mol. The van der Waals surface area contributed by atoms with E-state index in [0.717, 1.165) is 10.2 Å². The van der Waals surface area contributed by atoms with Crippen LogP contribution in [0.4, 0.5) is 0 Å². The molecule has 0 aliphatic carbocycles. The number of aromatic nitrogens is 1. The van der Waals surface area contributed by atoms with Gasteiger partial charge in [-0.05, 0) is 22.0 Å². The first kappa shape index (κ1) is 7.98. The maximum absolute atomic E-state index is 5.75.